The second-order valence-corrected chi connectivity index (χ2v) is 4.44. The van der Waals surface area contributed by atoms with Gasteiger partial charge in [-0.3, -0.25) is 4.90 Å². The molecule has 0 amide bonds. The Morgan fingerprint density at radius 3 is 2.00 bits per heavy atom. The summed E-state index contributed by atoms with van der Waals surface area (Å²) in [5, 5.41) is 0. The minimum Gasteiger partial charge on any atom is -0.301 e. The first-order valence-corrected chi connectivity index (χ1v) is 6.02. The third kappa shape index (κ3) is 5.70. The predicted molar refractivity (Wildman–Crippen MR) is 58.5 cm³/mol. The zero-order valence-corrected chi connectivity index (χ0v) is 9.89. The molecule has 1 rings (SSSR count). The second kappa shape index (κ2) is 6.45. The fourth-order valence-electron chi connectivity index (χ4n) is 2.01. The van der Waals surface area contributed by atoms with Gasteiger partial charge in [0, 0.05) is 26.2 Å². The van der Waals surface area contributed by atoms with E-state index in [1.54, 1.807) is 0 Å². The number of halogens is 3. The average molecular weight is 238 g/mol. The van der Waals surface area contributed by atoms with Crippen LogP contribution in [0.15, 0.2) is 0 Å². The van der Waals surface area contributed by atoms with Gasteiger partial charge in [0.15, 0.2) is 0 Å². The molecule has 1 aliphatic rings. The van der Waals surface area contributed by atoms with Gasteiger partial charge < -0.3 is 4.90 Å². The largest absolute Gasteiger partial charge is 0.401 e. The van der Waals surface area contributed by atoms with E-state index in [4.69, 9.17) is 0 Å². The first kappa shape index (κ1) is 13.8. The molecule has 0 spiro atoms. The van der Waals surface area contributed by atoms with Crippen molar-refractivity contribution in [2.75, 3.05) is 39.3 Å². The standard InChI is InChI=1S/C11H21F3N2/c1-2-3-4-5-15-6-8-16(9-7-15)10-11(12,13)14/h2-10H2,1H3. The van der Waals surface area contributed by atoms with E-state index in [0.717, 1.165) is 26.1 Å². The molecule has 1 heterocycles. The molecule has 5 heteroatoms. The highest BCUT2D eigenvalue weighted by Gasteiger charge is 2.31. The van der Waals surface area contributed by atoms with Crippen LogP contribution >= 0.6 is 0 Å². The van der Waals surface area contributed by atoms with Crippen molar-refractivity contribution in [3.63, 3.8) is 0 Å². The van der Waals surface area contributed by atoms with Gasteiger partial charge in [-0.05, 0) is 13.0 Å². The molecule has 16 heavy (non-hydrogen) atoms. The molecule has 0 radical (unpaired) electrons. The first-order valence-electron chi connectivity index (χ1n) is 6.02. The summed E-state index contributed by atoms with van der Waals surface area (Å²) in [7, 11) is 0. The van der Waals surface area contributed by atoms with Gasteiger partial charge in [0.05, 0.1) is 6.54 Å². The van der Waals surface area contributed by atoms with E-state index >= 15 is 0 Å². The Balaban J connectivity index is 2.13. The molecule has 0 atom stereocenters. The molecule has 0 unspecified atom stereocenters. The van der Waals surface area contributed by atoms with Crippen LogP contribution in [0.2, 0.25) is 0 Å². The van der Waals surface area contributed by atoms with Crippen molar-refractivity contribution in [1.82, 2.24) is 9.80 Å². The van der Waals surface area contributed by atoms with E-state index in [1.807, 2.05) is 0 Å². The van der Waals surface area contributed by atoms with Crippen LogP contribution in [0.3, 0.4) is 0 Å². The lowest BCUT2D eigenvalue weighted by Gasteiger charge is -2.34. The molecule has 96 valence electrons. The van der Waals surface area contributed by atoms with Crippen LogP contribution in [0, 0.1) is 0 Å². The summed E-state index contributed by atoms with van der Waals surface area (Å²) >= 11 is 0. The fraction of sp³-hybridized carbons (Fsp3) is 1.00. The van der Waals surface area contributed by atoms with Gasteiger partial charge in [-0.25, -0.2) is 0 Å². The highest BCUT2D eigenvalue weighted by atomic mass is 19.4. The maximum atomic E-state index is 12.1. The van der Waals surface area contributed by atoms with Gasteiger partial charge >= 0.3 is 6.18 Å². The van der Waals surface area contributed by atoms with Gasteiger partial charge in [0.25, 0.3) is 0 Å². The lowest BCUT2D eigenvalue weighted by atomic mass is 10.2. The molecule has 1 fully saturated rings. The van der Waals surface area contributed by atoms with E-state index in [0.29, 0.717) is 13.1 Å². The van der Waals surface area contributed by atoms with Crippen molar-refractivity contribution in [3.05, 3.63) is 0 Å². The lowest BCUT2D eigenvalue weighted by molar-refractivity contribution is -0.149. The van der Waals surface area contributed by atoms with Crippen molar-refractivity contribution < 1.29 is 13.2 Å². The van der Waals surface area contributed by atoms with Crippen molar-refractivity contribution in [1.29, 1.82) is 0 Å². The van der Waals surface area contributed by atoms with E-state index in [-0.39, 0.29) is 0 Å². The first-order chi connectivity index (χ1) is 7.51. The van der Waals surface area contributed by atoms with Gasteiger partial charge in [-0.2, -0.15) is 13.2 Å². The molecular formula is C11H21F3N2. The Morgan fingerprint density at radius 1 is 0.938 bits per heavy atom. The minimum atomic E-state index is -4.05. The van der Waals surface area contributed by atoms with Crippen LogP contribution in [0.5, 0.6) is 0 Å². The quantitative estimate of drug-likeness (QED) is 0.678. The Morgan fingerprint density at radius 2 is 1.50 bits per heavy atom. The monoisotopic (exact) mass is 238 g/mol. The summed E-state index contributed by atoms with van der Waals surface area (Å²) in [6.07, 6.45) is -0.489. The SMILES string of the molecule is CCCCCN1CCN(CC(F)(F)F)CC1. The topological polar surface area (TPSA) is 6.48 Å². The summed E-state index contributed by atoms with van der Waals surface area (Å²) in [4.78, 5) is 3.76. The number of alkyl halides is 3. The Bertz CT molecular complexity index is 186. The van der Waals surface area contributed by atoms with Crippen molar-refractivity contribution in [2.45, 2.75) is 32.4 Å². The van der Waals surface area contributed by atoms with Crippen LogP contribution in [0.4, 0.5) is 13.2 Å². The van der Waals surface area contributed by atoms with Gasteiger partial charge in [0.1, 0.15) is 0 Å². The van der Waals surface area contributed by atoms with Gasteiger partial charge in [-0.15, -0.1) is 0 Å². The number of hydrogen-bond donors (Lipinski definition) is 0. The zero-order valence-electron chi connectivity index (χ0n) is 9.89. The molecule has 1 saturated heterocycles. The van der Waals surface area contributed by atoms with Gasteiger partial charge in [-0.1, -0.05) is 19.8 Å². The number of nitrogens with zero attached hydrogens (tertiary/aromatic N) is 2. The van der Waals surface area contributed by atoms with E-state index in [2.05, 4.69) is 11.8 Å². The number of rotatable bonds is 5. The van der Waals surface area contributed by atoms with E-state index < -0.39 is 12.7 Å². The number of piperazine rings is 1. The van der Waals surface area contributed by atoms with Crippen LogP contribution < -0.4 is 0 Å². The van der Waals surface area contributed by atoms with Crippen molar-refractivity contribution in [2.24, 2.45) is 0 Å². The fourth-order valence-corrected chi connectivity index (χ4v) is 2.01. The Labute approximate surface area is 95.4 Å². The number of unbranched alkanes of at least 4 members (excludes halogenated alkanes) is 2. The molecule has 0 bridgehead atoms. The van der Waals surface area contributed by atoms with Crippen LogP contribution in [-0.2, 0) is 0 Å². The lowest BCUT2D eigenvalue weighted by Crippen LogP contribution is -2.49. The molecule has 0 aromatic heterocycles. The Kier molecular flexibility index (Phi) is 5.55. The molecule has 0 saturated carbocycles. The molecule has 0 N–H and O–H groups in total. The third-order valence-electron chi connectivity index (χ3n) is 2.95. The highest BCUT2D eigenvalue weighted by Crippen LogP contribution is 2.17. The molecule has 0 aromatic rings. The summed E-state index contributed by atoms with van der Waals surface area (Å²) < 4.78 is 36.4. The van der Waals surface area contributed by atoms with Crippen LogP contribution in [0.1, 0.15) is 26.2 Å². The predicted octanol–water partition coefficient (Wildman–Crippen LogP) is 2.36. The minimum absolute atomic E-state index is 0.547. The maximum absolute atomic E-state index is 12.1. The van der Waals surface area contributed by atoms with Crippen molar-refractivity contribution in [3.8, 4) is 0 Å². The number of hydrogen-bond acceptors (Lipinski definition) is 2. The summed E-state index contributed by atoms with van der Waals surface area (Å²) in [6, 6.07) is 0. The van der Waals surface area contributed by atoms with E-state index in [1.165, 1.54) is 17.7 Å². The molecule has 0 aromatic carbocycles. The molecule has 0 aliphatic carbocycles. The molecule has 1 aliphatic heterocycles. The molecular weight excluding hydrogens is 217 g/mol. The zero-order chi connectivity index (χ0) is 12.0. The van der Waals surface area contributed by atoms with Gasteiger partial charge in [0.2, 0.25) is 0 Å². The van der Waals surface area contributed by atoms with Crippen molar-refractivity contribution >= 4 is 0 Å². The van der Waals surface area contributed by atoms with E-state index in [9.17, 15) is 13.2 Å². The highest BCUT2D eigenvalue weighted by molar-refractivity contribution is 4.73. The second-order valence-electron chi connectivity index (χ2n) is 4.44. The maximum Gasteiger partial charge on any atom is 0.401 e. The van der Waals surface area contributed by atoms with Crippen LogP contribution in [0.25, 0.3) is 0 Å². The Hall–Kier alpha value is -0.290. The average Bonchev–Trinajstić information content (AvgIpc) is 2.19. The summed E-state index contributed by atoms with van der Waals surface area (Å²) in [5.41, 5.74) is 0. The third-order valence-corrected chi connectivity index (χ3v) is 2.95. The summed E-state index contributed by atoms with van der Waals surface area (Å²) in [6.45, 7) is 5.08. The van der Waals surface area contributed by atoms with Crippen LogP contribution in [-0.4, -0.2) is 55.2 Å². The summed E-state index contributed by atoms with van der Waals surface area (Å²) in [5.74, 6) is 0. The normalized spacial score (nSPS) is 20.2. The smallest absolute Gasteiger partial charge is 0.301 e. The molecule has 2 nitrogen and oxygen atoms in total.